The maximum Gasteiger partial charge on any atom is 0.112 e. The zero-order chi connectivity index (χ0) is 7.28. The Hall–Kier alpha value is -0.840. The summed E-state index contributed by atoms with van der Waals surface area (Å²) in [7, 11) is 0. The number of halogens is 1. The van der Waals surface area contributed by atoms with Crippen molar-refractivity contribution < 1.29 is 4.39 Å². The highest BCUT2D eigenvalue weighted by atomic mass is 19.1. The Morgan fingerprint density at radius 2 is 2.33 bits per heavy atom. The first-order valence-corrected chi connectivity index (χ1v) is 2.87. The van der Waals surface area contributed by atoms with Crippen molar-refractivity contribution in [3.8, 4) is 6.07 Å². The molecule has 0 aliphatic carbocycles. The normalized spacial score (nSPS) is 11.7. The Kier molecular flexibility index (Phi) is 3.70. The molecule has 0 spiro atoms. The van der Waals surface area contributed by atoms with Gasteiger partial charge in [-0.3, -0.25) is 0 Å². The standard InChI is InChI=1S/C7H10FN/c1-6(2)7(5-8)3-4-9/h3,6H,5H2,1-2H3. The van der Waals surface area contributed by atoms with Gasteiger partial charge in [0, 0.05) is 6.08 Å². The number of allylic oxidation sites excluding steroid dienone is 2. The highest BCUT2D eigenvalue weighted by Gasteiger charge is 2.00. The Morgan fingerprint density at radius 1 is 1.78 bits per heavy atom. The lowest BCUT2D eigenvalue weighted by Crippen LogP contribution is -1.94. The van der Waals surface area contributed by atoms with Gasteiger partial charge in [-0.05, 0) is 11.5 Å². The van der Waals surface area contributed by atoms with E-state index in [-0.39, 0.29) is 5.92 Å². The first kappa shape index (κ1) is 8.16. The van der Waals surface area contributed by atoms with Gasteiger partial charge in [-0.25, -0.2) is 4.39 Å². The van der Waals surface area contributed by atoms with Crippen LogP contribution in [0.5, 0.6) is 0 Å². The fourth-order valence-electron chi connectivity index (χ4n) is 0.442. The van der Waals surface area contributed by atoms with Crippen molar-refractivity contribution in [2.75, 3.05) is 6.67 Å². The van der Waals surface area contributed by atoms with E-state index in [2.05, 4.69) is 0 Å². The molecule has 0 saturated heterocycles. The van der Waals surface area contributed by atoms with Crippen LogP contribution in [0.1, 0.15) is 13.8 Å². The molecule has 50 valence electrons. The van der Waals surface area contributed by atoms with Gasteiger partial charge in [-0.1, -0.05) is 13.8 Å². The van der Waals surface area contributed by atoms with Crippen LogP contribution in [-0.2, 0) is 0 Å². The minimum atomic E-state index is -0.509. The van der Waals surface area contributed by atoms with Crippen LogP contribution in [0.25, 0.3) is 0 Å². The van der Waals surface area contributed by atoms with E-state index in [4.69, 9.17) is 5.26 Å². The predicted molar refractivity (Wildman–Crippen MR) is 34.5 cm³/mol. The number of nitrogens with zero attached hydrogens (tertiary/aromatic N) is 1. The molecule has 0 bridgehead atoms. The van der Waals surface area contributed by atoms with E-state index >= 15 is 0 Å². The first-order valence-electron chi connectivity index (χ1n) is 2.87. The van der Waals surface area contributed by atoms with Gasteiger partial charge in [-0.2, -0.15) is 5.26 Å². The summed E-state index contributed by atoms with van der Waals surface area (Å²) in [5.74, 6) is 0.148. The largest absolute Gasteiger partial charge is 0.246 e. The molecule has 0 radical (unpaired) electrons. The molecule has 0 unspecified atom stereocenters. The lowest BCUT2D eigenvalue weighted by Gasteiger charge is -2.02. The minimum Gasteiger partial charge on any atom is -0.246 e. The Labute approximate surface area is 54.8 Å². The topological polar surface area (TPSA) is 23.8 Å². The molecular weight excluding hydrogens is 117 g/mol. The lowest BCUT2D eigenvalue weighted by molar-refractivity contribution is 0.509. The summed E-state index contributed by atoms with van der Waals surface area (Å²) in [6.07, 6.45) is 1.27. The number of nitriles is 1. The second kappa shape index (κ2) is 4.08. The van der Waals surface area contributed by atoms with E-state index in [9.17, 15) is 4.39 Å². The van der Waals surface area contributed by atoms with Crippen molar-refractivity contribution in [2.24, 2.45) is 5.92 Å². The first-order chi connectivity index (χ1) is 4.22. The van der Waals surface area contributed by atoms with E-state index in [0.29, 0.717) is 5.57 Å². The Balaban J connectivity index is 4.02. The molecule has 0 N–H and O–H groups in total. The number of rotatable bonds is 2. The van der Waals surface area contributed by atoms with Gasteiger partial charge in [0.15, 0.2) is 0 Å². The average Bonchev–Trinajstić information content (AvgIpc) is 1.82. The van der Waals surface area contributed by atoms with E-state index in [0.717, 1.165) is 0 Å². The van der Waals surface area contributed by atoms with E-state index in [1.807, 2.05) is 13.8 Å². The zero-order valence-electron chi connectivity index (χ0n) is 5.69. The third-order valence-electron chi connectivity index (χ3n) is 1.15. The van der Waals surface area contributed by atoms with E-state index < -0.39 is 6.67 Å². The summed E-state index contributed by atoms with van der Waals surface area (Å²) in [5.41, 5.74) is 0.567. The molecule has 0 aromatic heterocycles. The minimum absolute atomic E-state index is 0.148. The summed E-state index contributed by atoms with van der Waals surface area (Å²) in [6, 6.07) is 1.80. The van der Waals surface area contributed by atoms with Crippen LogP contribution in [0.4, 0.5) is 4.39 Å². The van der Waals surface area contributed by atoms with Gasteiger partial charge in [-0.15, -0.1) is 0 Å². The third-order valence-corrected chi connectivity index (χ3v) is 1.15. The molecule has 9 heavy (non-hydrogen) atoms. The molecule has 0 aromatic rings. The third kappa shape index (κ3) is 2.86. The molecule has 0 aliphatic heterocycles. The molecule has 0 saturated carbocycles. The maximum absolute atomic E-state index is 11.9. The van der Waals surface area contributed by atoms with Gasteiger partial charge in [0.25, 0.3) is 0 Å². The van der Waals surface area contributed by atoms with Crippen LogP contribution in [0.2, 0.25) is 0 Å². The smallest absolute Gasteiger partial charge is 0.112 e. The van der Waals surface area contributed by atoms with E-state index in [1.165, 1.54) is 6.08 Å². The SMILES string of the molecule is CC(C)C(=CC#N)CF. The molecule has 2 heteroatoms. The molecule has 0 aromatic carbocycles. The van der Waals surface area contributed by atoms with Crippen LogP contribution >= 0.6 is 0 Å². The second-order valence-electron chi connectivity index (χ2n) is 2.14. The summed E-state index contributed by atoms with van der Waals surface area (Å²) >= 11 is 0. The average molecular weight is 127 g/mol. The molecule has 0 amide bonds. The van der Waals surface area contributed by atoms with Crippen molar-refractivity contribution in [1.82, 2.24) is 0 Å². The maximum atomic E-state index is 11.9. The van der Waals surface area contributed by atoms with Gasteiger partial charge < -0.3 is 0 Å². The van der Waals surface area contributed by atoms with Gasteiger partial charge in [0.2, 0.25) is 0 Å². The molecule has 1 nitrogen and oxygen atoms in total. The molecule has 0 atom stereocenters. The zero-order valence-corrected chi connectivity index (χ0v) is 5.69. The monoisotopic (exact) mass is 127 g/mol. The summed E-state index contributed by atoms with van der Waals surface area (Å²) in [6.45, 7) is 3.22. The van der Waals surface area contributed by atoms with Crippen molar-refractivity contribution in [3.63, 3.8) is 0 Å². The van der Waals surface area contributed by atoms with Crippen LogP contribution in [0, 0.1) is 17.2 Å². The lowest BCUT2D eigenvalue weighted by atomic mass is 10.1. The van der Waals surface area contributed by atoms with Gasteiger partial charge in [0.05, 0.1) is 6.07 Å². The molecule has 0 rings (SSSR count). The fraction of sp³-hybridized carbons (Fsp3) is 0.571. The van der Waals surface area contributed by atoms with Crippen molar-refractivity contribution in [2.45, 2.75) is 13.8 Å². The Bertz CT molecular complexity index is 141. The number of hydrogen-bond acceptors (Lipinski definition) is 1. The van der Waals surface area contributed by atoms with Crippen molar-refractivity contribution in [3.05, 3.63) is 11.6 Å². The van der Waals surface area contributed by atoms with Crippen LogP contribution in [0.3, 0.4) is 0 Å². The van der Waals surface area contributed by atoms with Crippen LogP contribution < -0.4 is 0 Å². The van der Waals surface area contributed by atoms with Gasteiger partial charge in [0.1, 0.15) is 6.67 Å². The van der Waals surface area contributed by atoms with Gasteiger partial charge >= 0.3 is 0 Å². The summed E-state index contributed by atoms with van der Waals surface area (Å²) < 4.78 is 11.9. The van der Waals surface area contributed by atoms with Crippen molar-refractivity contribution in [1.29, 1.82) is 5.26 Å². The molecule has 0 fully saturated rings. The Morgan fingerprint density at radius 3 is 2.44 bits per heavy atom. The van der Waals surface area contributed by atoms with Crippen molar-refractivity contribution >= 4 is 0 Å². The van der Waals surface area contributed by atoms with E-state index in [1.54, 1.807) is 6.07 Å². The highest BCUT2D eigenvalue weighted by Crippen LogP contribution is 2.08. The highest BCUT2D eigenvalue weighted by molar-refractivity contribution is 5.15. The quantitative estimate of drug-likeness (QED) is 0.521. The molecule has 0 heterocycles. The second-order valence-corrected chi connectivity index (χ2v) is 2.14. The number of hydrogen-bond donors (Lipinski definition) is 0. The molecular formula is C7H10FN. The summed E-state index contributed by atoms with van der Waals surface area (Å²) in [4.78, 5) is 0. The number of alkyl halides is 1. The molecule has 0 aliphatic rings. The van der Waals surface area contributed by atoms with Crippen LogP contribution in [-0.4, -0.2) is 6.67 Å². The predicted octanol–water partition coefficient (Wildman–Crippen LogP) is 2.06. The fourth-order valence-corrected chi connectivity index (χ4v) is 0.442. The summed E-state index contributed by atoms with van der Waals surface area (Å²) in [5, 5.41) is 8.12. The van der Waals surface area contributed by atoms with Crippen LogP contribution in [0.15, 0.2) is 11.6 Å².